The zero-order valence-corrected chi connectivity index (χ0v) is 13.1. The molecule has 0 aliphatic carbocycles. The molecule has 0 aromatic heterocycles. The maximum atomic E-state index is 12.4. The van der Waals surface area contributed by atoms with Crippen molar-refractivity contribution in [3.05, 3.63) is 58.6 Å². The number of ether oxygens (including phenoxy) is 2. The highest BCUT2D eigenvalue weighted by Gasteiger charge is 2.17. The third-order valence-corrected chi connectivity index (χ3v) is 3.31. The fraction of sp³-hybridized carbons (Fsp3) is 0.125. The molecule has 8 heteroatoms. The van der Waals surface area contributed by atoms with Gasteiger partial charge in [-0.3, -0.25) is 4.79 Å². The molecule has 2 rings (SSSR count). The van der Waals surface area contributed by atoms with Gasteiger partial charge in [0.05, 0.1) is 23.3 Å². The molecule has 1 amide bonds. The van der Waals surface area contributed by atoms with Gasteiger partial charge < -0.3 is 14.8 Å². The molecule has 0 aliphatic rings. The van der Waals surface area contributed by atoms with Crippen molar-refractivity contribution in [2.45, 2.75) is 6.61 Å². The van der Waals surface area contributed by atoms with Crippen LogP contribution in [0.15, 0.2) is 42.5 Å². The molecule has 24 heavy (non-hydrogen) atoms. The molecule has 0 aliphatic heterocycles. The Morgan fingerprint density at radius 3 is 2.50 bits per heavy atom. The van der Waals surface area contributed by atoms with E-state index in [1.807, 2.05) is 0 Å². The lowest BCUT2D eigenvalue weighted by atomic mass is 10.1. The first-order chi connectivity index (χ1) is 11.4. The predicted molar refractivity (Wildman–Crippen MR) is 83.8 cm³/mol. The maximum absolute atomic E-state index is 12.4. The Hall–Kier alpha value is -2.67. The lowest BCUT2D eigenvalue weighted by Gasteiger charge is -2.11. The van der Waals surface area contributed by atoms with E-state index < -0.39 is 18.5 Å². The molecule has 2 aromatic carbocycles. The van der Waals surface area contributed by atoms with E-state index in [0.717, 1.165) is 0 Å². The summed E-state index contributed by atoms with van der Waals surface area (Å²) in [4.78, 5) is 23.9. The number of para-hydroxylation sites is 1. The Kier molecular flexibility index (Phi) is 5.70. The van der Waals surface area contributed by atoms with Crippen molar-refractivity contribution in [2.24, 2.45) is 0 Å². The topological polar surface area (TPSA) is 64.6 Å². The predicted octanol–water partition coefficient (Wildman–Crippen LogP) is 3.98. The monoisotopic (exact) mass is 355 g/mol. The van der Waals surface area contributed by atoms with Crippen molar-refractivity contribution >= 4 is 29.2 Å². The molecule has 0 heterocycles. The van der Waals surface area contributed by atoms with Crippen LogP contribution in [0.2, 0.25) is 5.02 Å². The molecule has 0 unspecified atom stereocenters. The average Bonchev–Trinajstić information content (AvgIpc) is 2.55. The molecule has 0 atom stereocenters. The van der Waals surface area contributed by atoms with Gasteiger partial charge in [-0.15, -0.1) is 0 Å². The largest absolute Gasteiger partial charge is 0.465 e. The Bertz CT molecular complexity index is 767. The number of anilines is 1. The highest BCUT2D eigenvalue weighted by molar-refractivity contribution is 6.33. The molecule has 0 spiro atoms. The maximum Gasteiger partial charge on any atom is 0.387 e. The second-order valence-corrected chi connectivity index (χ2v) is 4.92. The highest BCUT2D eigenvalue weighted by atomic mass is 35.5. The zero-order chi connectivity index (χ0) is 17.7. The summed E-state index contributed by atoms with van der Waals surface area (Å²) in [6.07, 6.45) is 0. The van der Waals surface area contributed by atoms with Crippen LogP contribution in [-0.2, 0) is 4.74 Å². The number of benzene rings is 2. The van der Waals surface area contributed by atoms with Crippen LogP contribution in [0.1, 0.15) is 20.7 Å². The number of esters is 1. The third kappa shape index (κ3) is 4.20. The minimum Gasteiger partial charge on any atom is -0.465 e. The van der Waals surface area contributed by atoms with E-state index in [0.29, 0.717) is 0 Å². The van der Waals surface area contributed by atoms with Crippen LogP contribution in [0, 0.1) is 0 Å². The number of carbonyl (C=O) groups is 2. The van der Waals surface area contributed by atoms with E-state index >= 15 is 0 Å². The summed E-state index contributed by atoms with van der Waals surface area (Å²) < 4.78 is 33.7. The molecule has 0 saturated carbocycles. The first-order valence-corrected chi connectivity index (χ1v) is 7.03. The smallest absolute Gasteiger partial charge is 0.387 e. The summed E-state index contributed by atoms with van der Waals surface area (Å²) in [5, 5.41) is 2.64. The third-order valence-electron chi connectivity index (χ3n) is 2.98. The van der Waals surface area contributed by atoms with Crippen LogP contribution in [0.5, 0.6) is 5.75 Å². The van der Waals surface area contributed by atoms with Crippen LogP contribution < -0.4 is 10.1 Å². The van der Waals surface area contributed by atoms with Gasteiger partial charge >= 0.3 is 12.6 Å². The molecule has 0 bridgehead atoms. The molecule has 126 valence electrons. The van der Waals surface area contributed by atoms with E-state index in [-0.39, 0.29) is 27.6 Å². The standard InChI is InChI=1S/C16H12ClF2NO4/c1-23-15(22)11-8-9(6-7-12(11)17)20-14(21)10-4-2-3-5-13(10)24-16(18)19/h2-8,16H,1H3,(H,20,21). The number of halogens is 3. The minimum absolute atomic E-state index is 0.0640. The fourth-order valence-electron chi connectivity index (χ4n) is 1.92. The molecule has 5 nitrogen and oxygen atoms in total. The molecule has 0 fully saturated rings. The van der Waals surface area contributed by atoms with Crippen molar-refractivity contribution in [1.29, 1.82) is 0 Å². The van der Waals surface area contributed by atoms with Crippen LogP contribution in [-0.4, -0.2) is 25.6 Å². The Labute approximate surface area is 141 Å². The van der Waals surface area contributed by atoms with Gasteiger partial charge in [-0.2, -0.15) is 8.78 Å². The van der Waals surface area contributed by atoms with Crippen LogP contribution in [0.4, 0.5) is 14.5 Å². The van der Waals surface area contributed by atoms with Crippen LogP contribution >= 0.6 is 11.6 Å². The van der Waals surface area contributed by atoms with Crippen molar-refractivity contribution < 1.29 is 27.8 Å². The minimum atomic E-state index is -3.06. The second-order valence-electron chi connectivity index (χ2n) is 4.51. The summed E-state index contributed by atoms with van der Waals surface area (Å²) >= 11 is 5.89. The number of alkyl halides is 2. The molecule has 1 N–H and O–H groups in total. The molecule has 0 radical (unpaired) electrons. The summed E-state index contributed by atoms with van der Waals surface area (Å²) in [6, 6.07) is 9.75. The summed E-state index contributed by atoms with van der Waals surface area (Å²) in [6.45, 7) is -3.06. The van der Waals surface area contributed by atoms with Gasteiger partial charge in [0.1, 0.15) is 5.75 Å². The van der Waals surface area contributed by atoms with Gasteiger partial charge in [0, 0.05) is 5.69 Å². The first-order valence-electron chi connectivity index (χ1n) is 6.65. The number of methoxy groups -OCH3 is 1. The van der Waals surface area contributed by atoms with Gasteiger partial charge in [0.25, 0.3) is 5.91 Å². The van der Waals surface area contributed by atoms with Crippen LogP contribution in [0.3, 0.4) is 0 Å². The van der Waals surface area contributed by atoms with Gasteiger partial charge in [-0.25, -0.2) is 4.79 Å². The molecular formula is C16H12ClF2NO4. The van der Waals surface area contributed by atoms with E-state index in [4.69, 9.17) is 11.6 Å². The van der Waals surface area contributed by atoms with E-state index in [9.17, 15) is 18.4 Å². The van der Waals surface area contributed by atoms with Crippen molar-refractivity contribution in [3.63, 3.8) is 0 Å². The quantitative estimate of drug-likeness (QED) is 0.824. The fourth-order valence-corrected chi connectivity index (χ4v) is 2.12. The van der Waals surface area contributed by atoms with E-state index in [1.54, 1.807) is 0 Å². The lowest BCUT2D eigenvalue weighted by Crippen LogP contribution is -2.15. The Morgan fingerprint density at radius 1 is 1.12 bits per heavy atom. The molecule has 2 aromatic rings. The van der Waals surface area contributed by atoms with Gasteiger partial charge in [0.2, 0.25) is 0 Å². The second kappa shape index (κ2) is 7.74. The number of amides is 1. The number of hydrogen-bond acceptors (Lipinski definition) is 4. The van der Waals surface area contributed by atoms with Crippen molar-refractivity contribution in [2.75, 3.05) is 12.4 Å². The number of rotatable bonds is 5. The SMILES string of the molecule is COC(=O)c1cc(NC(=O)c2ccccc2OC(F)F)ccc1Cl. The summed E-state index contributed by atoms with van der Waals surface area (Å²) in [7, 11) is 1.20. The zero-order valence-electron chi connectivity index (χ0n) is 12.4. The number of hydrogen-bond donors (Lipinski definition) is 1. The van der Waals surface area contributed by atoms with Gasteiger partial charge in [0.15, 0.2) is 0 Å². The highest BCUT2D eigenvalue weighted by Crippen LogP contribution is 2.24. The number of carbonyl (C=O) groups excluding carboxylic acids is 2. The lowest BCUT2D eigenvalue weighted by molar-refractivity contribution is -0.0501. The Morgan fingerprint density at radius 2 is 1.83 bits per heavy atom. The van der Waals surface area contributed by atoms with Gasteiger partial charge in [-0.05, 0) is 30.3 Å². The first kappa shape index (κ1) is 17.7. The number of nitrogens with one attached hydrogen (secondary N) is 1. The average molecular weight is 356 g/mol. The van der Waals surface area contributed by atoms with Crippen molar-refractivity contribution in [1.82, 2.24) is 0 Å². The normalized spacial score (nSPS) is 10.4. The molecule has 0 saturated heterocycles. The van der Waals surface area contributed by atoms with E-state index in [2.05, 4.69) is 14.8 Å². The van der Waals surface area contributed by atoms with Gasteiger partial charge in [-0.1, -0.05) is 23.7 Å². The molecular weight excluding hydrogens is 344 g/mol. The van der Waals surface area contributed by atoms with E-state index in [1.165, 1.54) is 49.6 Å². The Balaban J connectivity index is 2.26. The van der Waals surface area contributed by atoms with Crippen LogP contribution in [0.25, 0.3) is 0 Å². The summed E-state index contributed by atoms with van der Waals surface area (Å²) in [5.74, 6) is -1.60. The van der Waals surface area contributed by atoms with Crippen molar-refractivity contribution in [3.8, 4) is 5.75 Å². The summed E-state index contributed by atoms with van der Waals surface area (Å²) in [5.41, 5.74) is 0.234.